The molecule has 0 aromatic heterocycles. The maximum atomic E-state index is 9.12. The molecule has 20 heavy (non-hydrogen) atoms. The normalized spacial score (nSPS) is 19.6. The molecule has 0 saturated heterocycles. The Balaban J connectivity index is 1.85. The van der Waals surface area contributed by atoms with E-state index < -0.39 is 0 Å². The average Bonchev–Trinajstić information content (AvgIpc) is 2.45. The lowest BCUT2D eigenvalue weighted by Crippen LogP contribution is -2.37. The van der Waals surface area contributed by atoms with Gasteiger partial charge in [-0.2, -0.15) is 0 Å². The van der Waals surface area contributed by atoms with Gasteiger partial charge >= 0.3 is 0 Å². The van der Waals surface area contributed by atoms with Gasteiger partial charge in [-0.25, -0.2) is 0 Å². The highest BCUT2D eigenvalue weighted by atomic mass is 79.9. The highest BCUT2D eigenvalue weighted by Crippen LogP contribution is 2.25. The lowest BCUT2D eigenvalue weighted by molar-refractivity contribution is 0.243. The minimum absolute atomic E-state index is 0.313. The molecular formula is C17H26BrNO. The molecule has 0 amide bonds. The fraction of sp³-hybridized carbons (Fsp3) is 0.647. The van der Waals surface area contributed by atoms with Crippen LogP contribution in [-0.2, 0) is 12.8 Å². The van der Waals surface area contributed by atoms with Crippen molar-refractivity contribution in [3.8, 4) is 0 Å². The number of halogens is 1. The Morgan fingerprint density at radius 1 is 1.35 bits per heavy atom. The van der Waals surface area contributed by atoms with Crippen molar-refractivity contribution >= 4 is 15.9 Å². The Bertz CT molecular complexity index is 415. The monoisotopic (exact) mass is 339 g/mol. The molecule has 0 aliphatic heterocycles. The van der Waals surface area contributed by atoms with Crippen LogP contribution in [0.4, 0.5) is 0 Å². The number of hydrogen-bond acceptors (Lipinski definition) is 2. The Kier molecular flexibility index (Phi) is 6.53. The van der Waals surface area contributed by atoms with E-state index in [0.717, 1.165) is 19.4 Å². The van der Waals surface area contributed by atoms with Crippen LogP contribution in [0.3, 0.4) is 0 Å². The second-order valence-corrected chi connectivity index (χ2v) is 6.84. The highest BCUT2D eigenvalue weighted by Gasteiger charge is 2.19. The molecule has 1 aliphatic carbocycles. The van der Waals surface area contributed by atoms with Gasteiger partial charge < -0.3 is 10.4 Å². The number of fused-ring (bicyclic) bond motifs is 1. The van der Waals surface area contributed by atoms with Crippen molar-refractivity contribution in [1.29, 1.82) is 0 Å². The lowest BCUT2D eigenvalue weighted by atomic mass is 9.88. The first-order valence-electron chi connectivity index (χ1n) is 7.84. The zero-order valence-corrected chi connectivity index (χ0v) is 14.0. The standard InChI is InChI=1S/C17H26BrNO/c1-2-3-13(8-9-20)12-19-17-7-5-14-10-16(18)6-4-15(14)11-17/h4,6,10,13,17,19-20H,2-3,5,7-9,11-12H2,1H3. The van der Waals surface area contributed by atoms with Gasteiger partial charge in [0, 0.05) is 17.1 Å². The van der Waals surface area contributed by atoms with Crippen molar-refractivity contribution in [2.45, 2.75) is 51.5 Å². The third-order valence-electron chi connectivity index (χ3n) is 4.33. The van der Waals surface area contributed by atoms with Gasteiger partial charge in [-0.3, -0.25) is 0 Å². The summed E-state index contributed by atoms with van der Waals surface area (Å²) in [6.07, 6.45) is 6.88. The van der Waals surface area contributed by atoms with Gasteiger partial charge in [0.15, 0.2) is 0 Å². The Morgan fingerprint density at radius 3 is 2.95 bits per heavy atom. The smallest absolute Gasteiger partial charge is 0.0434 e. The quantitative estimate of drug-likeness (QED) is 0.793. The Labute approximate surface area is 131 Å². The van der Waals surface area contributed by atoms with Crippen LogP contribution in [-0.4, -0.2) is 24.3 Å². The van der Waals surface area contributed by atoms with Gasteiger partial charge in [-0.1, -0.05) is 35.3 Å². The van der Waals surface area contributed by atoms with Crippen molar-refractivity contribution in [2.24, 2.45) is 5.92 Å². The summed E-state index contributed by atoms with van der Waals surface area (Å²) in [6.45, 7) is 3.58. The predicted molar refractivity (Wildman–Crippen MR) is 88.1 cm³/mol. The zero-order chi connectivity index (χ0) is 14.4. The number of aliphatic hydroxyl groups is 1. The third kappa shape index (κ3) is 4.57. The summed E-state index contributed by atoms with van der Waals surface area (Å²) in [5, 5.41) is 12.8. The van der Waals surface area contributed by atoms with Gasteiger partial charge in [0.2, 0.25) is 0 Å². The van der Waals surface area contributed by atoms with E-state index in [0.29, 0.717) is 18.6 Å². The number of aliphatic hydroxyl groups excluding tert-OH is 1. The molecule has 1 aromatic carbocycles. The molecule has 0 spiro atoms. The van der Waals surface area contributed by atoms with E-state index >= 15 is 0 Å². The predicted octanol–water partition coefficient (Wildman–Crippen LogP) is 3.69. The van der Waals surface area contributed by atoms with Gasteiger partial charge in [0.1, 0.15) is 0 Å². The Hall–Kier alpha value is -0.380. The number of rotatable bonds is 7. The Morgan fingerprint density at radius 2 is 2.20 bits per heavy atom. The van der Waals surface area contributed by atoms with E-state index in [1.54, 1.807) is 0 Å². The molecule has 0 saturated carbocycles. The van der Waals surface area contributed by atoms with Gasteiger partial charge in [0.25, 0.3) is 0 Å². The zero-order valence-electron chi connectivity index (χ0n) is 12.4. The largest absolute Gasteiger partial charge is 0.396 e. The van der Waals surface area contributed by atoms with Crippen molar-refractivity contribution in [2.75, 3.05) is 13.2 Å². The second-order valence-electron chi connectivity index (χ2n) is 5.93. The molecule has 2 unspecified atom stereocenters. The van der Waals surface area contributed by atoms with Crippen LogP contribution in [0.5, 0.6) is 0 Å². The third-order valence-corrected chi connectivity index (χ3v) is 4.82. The summed E-state index contributed by atoms with van der Waals surface area (Å²) in [7, 11) is 0. The summed E-state index contributed by atoms with van der Waals surface area (Å²) in [6, 6.07) is 7.26. The summed E-state index contributed by atoms with van der Waals surface area (Å²) in [5.41, 5.74) is 2.99. The van der Waals surface area contributed by atoms with Crippen molar-refractivity contribution < 1.29 is 5.11 Å². The van der Waals surface area contributed by atoms with Crippen molar-refractivity contribution in [1.82, 2.24) is 5.32 Å². The van der Waals surface area contributed by atoms with E-state index in [1.807, 2.05) is 0 Å². The van der Waals surface area contributed by atoms with Gasteiger partial charge in [-0.15, -0.1) is 0 Å². The molecule has 2 nitrogen and oxygen atoms in total. The summed E-state index contributed by atoms with van der Waals surface area (Å²) in [5.74, 6) is 0.622. The molecule has 2 atom stereocenters. The number of nitrogens with one attached hydrogen (secondary N) is 1. The molecule has 2 rings (SSSR count). The summed E-state index contributed by atoms with van der Waals surface area (Å²) >= 11 is 3.55. The van der Waals surface area contributed by atoms with E-state index in [-0.39, 0.29) is 0 Å². The van der Waals surface area contributed by atoms with E-state index in [9.17, 15) is 0 Å². The topological polar surface area (TPSA) is 32.3 Å². The number of benzene rings is 1. The first-order valence-corrected chi connectivity index (χ1v) is 8.63. The first kappa shape index (κ1) is 16.0. The highest BCUT2D eigenvalue weighted by molar-refractivity contribution is 9.10. The molecule has 1 aliphatic rings. The van der Waals surface area contributed by atoms with Crippen LogP contribution >= 0.6 is 15.9 Å². The van der Waals surface area contributed by atoms with Crippen LogP contribution < -0.4 is 5.32 Å². The fourth-order valence-electron chi connectivity index (χ4n) is 3.17. The number of aryl methyl sites for hydroxylation is 1. The average molecular weight is 340 g/mol. The summed E-state index contributed by atoms with van der Waals surface area (Å²) in [4.78, 5) is 0. The maximum Gasteiger partial charge on any atom is 0.0434 e. The summed E-state index contributed by atoms with van der Waals surface area (Å²) < 4.78 is 1.19. The molecule has 0 fully saturated rings. The molecule has 3 heteroatoms. The van der Waals surface area contributed by atoms with Crippen molar-refractivity contribution in [3.05, 3.63) is 33.8 Å². The van der Waals surface area contributed by atoms with Crippen molar-refractivity contribution in [3.63, 3.8) is 0 Å². The number of hydrogen-bond donors (Lipinski definition) is 2. The lowest BCUT2D eigenvalue weighted by Gasteiger charge is -2.27. The van der Waals surface area contributed by atoms with E-state index in [2.05, 4.69) is 46.4 Å². The molecule has 1 aromatic rings. The van der Waals surface area contributed by atoms with Crippen LogP contribution in [0.2, 0.25) is 0 Å². The van der Waals surface area contributed by atoms with E-state index in [1.165, 1.54) is 41.3 Å². The van der Waals surface area contributed by atoms with Crippen LogP contribution in [0, 0.1) is 5.92 Å². The van der Waals surface area contributed by atoms with Crippen LogP contribution in [0.15, 0.2) is 22.7 Å². The molecule has 0 heterocycles. The maximum absolute atomic E-state index is 9.12. The molecule has 0 bridgehead atoms. The van der Waals surface area contributed by atoms with Crippen LogP contribution in [0.1, 0.15) is 43.7 Å². The van der Waals surface area contributed by atoms with E-state index in [4.69, 9.17) is 5.11 Å². The fourth-order valence-corrected chi connectivity index (χ4v) is 3.58. The van der Waals surface area contributed by atoms with Gasteiger partial charge in [-0.05, 0) is 67.8 Å². The molecule has 112 valence electrons. The molecule has 0 radical (unpaired) electrons. The second kappa shape index (κ2) is 8.16. The minimum atomic E-state index is 0.313. The molecular weight excluding hydrogens is 314 g/mol. The van der Waals surface area contributed by atoms with Crippen LogP contribution in [0.25, 0.3) is 0 Å². The first-order chi connectivity index (χ1) is 9.72. The minimum Gasteiger partial charge on any atom is -0.396 e. The SMILES string of the molecule is CCCC(CCO)CNC1CCc2cc(Br)ccc2C1. The van der Waals surface area contributed by atoms with Gasteiger partial charge in [0.05, 0.1) is 0 Å². The molecule has 2 N–H and O–H groups in total.